The van der Waals surface area contributed by atoms with Crippen LogP contribution in [-0.4, -0.2) is 12.0 Å². The molecule has 0 N–H and O–H groups in total. The monoisotopic (exact) mass is 259 g/mol. The maximum absolute atomic E-state index is 8.85. The normalized spacial score (nSPS) is 10.2. The molecule has 0 bridgehead atoms. The van der Waals surface area contributed by atoms with Crippen molar-refractivity contribution >= 4 is 22.3 Å². The first-order valence-electron chi connectivity index (χ1n) is 6.37. The van der Waals surface area contributed by atoms with E-state index in [-0.39, 0.29) is 0 Å². The Balaban J connectivity index is 2.08. The highest BCUT2D eigenvalue weighted by atomic mass is 15.2. The van der Waals surface area contributed by atoms with E-state index >= 15 is 0 Å². The highest BCUT2D eigenvalue weighted by molar-refractivity contribution is 5.93. The molecule has 1 heterocycles. The SMILES string of the molecule is CN(c1ccc(C#N)cc1)c1nccc2ccccc12. The minimum absolute atomic E-state index is 0.660. The summed E-state index contributed by atoms with van der Waals surface area (Å²) in [5.74, 6) is 0.910. The van der Waals surface area contributed by atoms with Gasteiger partial charge in [-0.15, -0.1) is 0 Å². The Bertz CT molecular complexity index is 780. The Morgan fingerprint density at radius 1 is 1.00 bits per heavy atom. The summed E-state index contributed by atoms with van der Waals surface area (Å²) < 4.78 is 0. The predicted octanol–water partition coefficient (Wildman–Crippen LogP) is 3.87. The molecular weight excluding hydrogens is 246 g/mol. The van der Waals surface area contributed by atoms with Crippen LogP contribution in [0.3, 0.4) is 0 Å². The first-order chi connectivity index (χ1) is 9.79. The Labute approximate surface area is 117 Å². The molecule has 0 atom stereocenters. The van der Waals surface area contributed by atoms with E-state index in [1.54, 1.807) is 0 Å². The molecule has 3 rings (SSSR count). The summed E-state index contributed by atoms with van der Waals surface area (Å²) in [6.45, 7) is 0. The molecule has 0 aliphatic carbocycles. The van der Waals surface area contributed by atoms with Gasteiger partial charge < -0.3 is 4.90 Å². The quantitative estimate of drug-likeness (QED) is 0.701. The molecule has 0 saturated heterocycles. The number of benzene rings is 2. The second-order valence-electron chi connectivity index (χ2n) is 4.57. The largest absolute Gasteiger partial charge is 0.329 e. The molecule has 1 aromatic heterocycles. The zero-order valence-corrected chi connectivity index (χ0v) is 11.1. The van der Waals surface area contributed by atoms with Gasteiger partial charge in [-0.3, -0.25) is 0 Å². The van der Waals surface area contributed by atoms with Crippen LogP contribution in [0.25, 0.3) is 10.8 Å². The van der Waals surface area contributed by atoms with Crippen LogP contribution in [-0.2, 0) is 0 Å². The van der Waals surface area contributed by atoms with E-state index in [0.717, 1.165) is 22.3 Å². The number of aromatic nitrogens is 1. The van der Waals surface area contributed by atoms with Gasteiger partial charge in [-0.2, -0.15) is 5.26 Å². The molecule has 0 spiro atoms. The lowest BCUT2D eigenvalue weighted by atomic mass is 10.1. The van der Waals surface area contributed by atoms with Crippen LogP contribution in [0.5, 0.6) is 0 Å². The highest BCUT2D eigenvalue weighted by Gasteiger charge is 2.09. The van der Waals surface area contributed by atoms with E-state index in [1.165, 1.54) is 0 Å². The molecule has 0 aliphatic heterocycles. The van der Waals surface area contributed by atoms with Crippen molar-refractivity contribution < 1.29 is 0 Å². The lowest BCUT2D eigenvalue weighted by Gasteiger charge is -2.20. The van der Waals surface area contributed by atoms with Crippen LogP contribution in [0.2, 0.25) is 0 Å². The maximum atomic E-state index is 8.85. The van der Waals surface area contributed by atoms with Gasteiger partial charge in [0.25, 0.3) is 0 Å². The zero-order chi connectivity index (χ0) is 13.9. The second kappa shape index (κ2) is 5.02. The average Bonchev–Trinajstić information content (AvgIpc) is 2.54. The third-order valence-corrected chi connectivity index (χ3v) is 3.35. The molecule has 0 unspecified atom stereocenters. The summed E-state index contributed by atoms with van der Waals surface area (Å²) in [5, 5.41) is 11.1. The van der Waals surface area contributed by atoms with Gasteiger partial charge in [-0.25, -0.2) is 4.98 Å². The molecule has 20 heavy (non-hydrogen) atoms. The minimum Gasteiger partial charge on any atom is -0.329 e. The fraction of sp³-hybridized carbons (Fsp3) is 0.0588. The van der Waals surface area contributed by atoms with Crippen molar-refractivity contribution in [1.29, 1.82) is 5.26 Å². The van der Waals surface area contributed by atoms with Crippen molar-refractivity contribution in [1.82, 2.24) is 4.98 Å². The van der Waals surface area contributed by atoms with Gasteiger partial charge in [0.1, 0.15) is 5.82 Å². The number of fused-ring (bicyclic) bond motifs is 1. The Hall–Kier alpha value is -2.86. The second-order valence-corrected chi connectivity index (χ2v) is 4.57. The van der Waals surface area contributed by atoms with Crippen molar-refractivity contribution in [3.05, 3.63) is 66.4 Å². The van der Waals surface area contributed by atoms with Gasteiger partial charge in [0.15, 0.2) is 0 Å². The van der Waals surface area contributed by atoms with Gasteiger partial charge in [0, 0.05) is 24.3 Å². The van der Waals surface area contributed by atoms with E-state index in [1.807, 2.05) is 60.6 Å². The van der Waals surface area contributed by atoms with Gasteiger partial charge in [0.2, 0.25) is 0 Å². The summed E-state index contributed by atoms with van der Waals surface area (Å²) in [7, 11) is 1.98. The number of hydrogen-bond acceptors (Lipinski definition) is 3. The third kappa shape index (κ3) is 2.08. The number of hydrogen-bond donors (Lipinski definition) is 0. The fourth-order valence-corrected chi connectivity index (χ4v) is 2.25. The van der Waals surface area contributed by atoms with E-state index < -0.39 is 0 Å². The Kier molecular flexibility index (Phi) is 3.06. The molecule has 96 valence electrons. The number of rotatable bonds is 2. The standard InChI is InChI=1S/C17H13N3/c1-20(15-8-6-13(12-18)7-9-15)17-16-5-3-2-4-14(16)10-11-19-17/h2-11H,1H3. The lowest BCUT2D eigenvalue weighted by molar-refractivity contribution is 1.14. The predicted molar refractivity (Wildman–Crippen MR) is 81.0 cm³/mol. The molecule has 0 radical (unpaired) electrons. The summed E-state index contributed by atoms with van der Waals surface area (Å²) in [6.07, 6.45) is 1.82. The molecule has 2 aromatic carbocycles. The summed E-state index contributed by atoms with van der Waals surface area (Å²) in [6, 6.07) is 19.8. The number of anilines is 2. The fourth-order valence-electron chi connectivity index (χ4n) is 2.25. The van der Waals surface area contributed by atoms with Crippen molar-refractivity contribution in [3.8, 4) is 6.07 Å². The topological polar surface area (TPSA) is 39.9 Å². The van der Waals surface area contributed by atoms with Crippen molar-refractivity contribution in [2.45, 2.75) is 0 Å². The average molecular weight is 259 g/mol. The number of nitrogens with zero attached hydrogens (tertiary/aromatic N) is 3. The van der Waals surface area contributed by atoms with E-state index in [4.69, 9.17) is 5.26 Å². The maximum Gasteiger partial charge on any atom is 0.140 e. The van der Waals surface area contributed by atoms with Crippen LogP contribution in [0.4, 0.5) is 11.5 Å². The van der Waals surface area contributed by atoms with Crippen LogP contribution < -0.4 is 4.90 Å². The van der Waals surface area contributed by atoms with Gasteiger partial charge in [0.05, 0.1) is 11.6 Å². The van der Waals surface area contributed by atoms with E-state index in [9.17, 15) is 0 Å². The first kappa shape index (κ1) is 12.2. The molecule has 3 heteroatoms. The van der Waals surface area contributed by atoms with Crippen LogP contribution in [0.15, 0.2) is 60.8 Å². The van der Waals surface area contributed by atoms with Gasteiger partial charge in [-0.1, -0.05) is 24.3 Å². The highest BCUT2D eigenvalue weighted by Crippen LogP contribution is 2.28. The van der Waals surface area contributed by atoms with E-state index in [2.05, 4.69) is 23.2 Å². The Morgan fingerprint density at radius 2 is 1.75 bits per heavy atom. The van der Waals surface area contributed by atoms with Gasteiger partial charge in [-0.05, 0) is 35.7 Å². The third-order valence-electron chi connectivity index (χ3n) is 3.35. The number of nitriles is 1. The van der Waals surface area contributed by atoms with E-state index in [0.29, 0.717) is 5.56 Å². The molecule has 3 nitrogen and oxygen atoms in total. The summed E-state index contributed by atoms with van der Waals surface area (Å²) in [4.78, 5) is 6.52. The van der Waals surface area contributed by atoms with Crippen LogP contribution >= 0.6 is 0 Å². The molecule has 0 saturated carbocycles. The molecule has 0 fully saturated rings. The zero-order valence-electron chi connectivity index (χ0n) is 11.1. The number of pyridine rings is 1. The summed E-state index contributed by atoms with van der Waals surface area (Å²) >= 11 is 0. The molecular formula is C17H13N3. The summed E-state index contributed by atoms with van der Waals surface area (Å²) in [5.41, 5.74) is 1.67. The minimum atomic E-state index is 0.660. The first-order valence-corrected chi connectivity index (χ1v) is 6.37. The van der Waals surface area contributed by atoms with Crippen molar-refractivity contribution in [3.63, 3.8) is 0 Å². The lowest BCUT2D eigenvalue weighted by Crippen LogP contribution is -2.11. The van der Waals surface area contributed by atoms with Crippen LogP contribution in [0, 0.1) is 11.3 Å². The smallest absolute Gasteiger partial charge is 0.140 e. The van der Waals surface area contributed by atoms with Crippen molar-refractivity contribution in [2.75, 3.05) is 11.9 Å². The van der Waals surface area contributed by atoms with Crippen molar-refractivity contribution in [2.24, 2.45) is 0 Å². The Morgan fingerprint density at radius 3 is 2.50 bits per heavy atom. The molecule has 3 aromatic rings. The molecule has 0 aliphatic rings. The molecule has 0 amide bonds. The van der Waals surface area contributed by atoms with Crippen LogP contribution in [0.1, 0.15) is 5.56 Å². The van der Waals surface area contributed by atoms with Gasteiger partial charge >= 0.3 is 0 Å².